The molecule has 1 aromatic carbocycles. The van der Waals surface area contributed by atoms with Gasteiger partial charge in [-0.15, -0.1) is 5.10 Å². The molecule has 0 spiro atoms. The van der Waals surface area contributed by atoms with Crippen molar-refractivity contribution in [2.24, 2.45) is 16.6 Å². The van der Waals surface area contributed by atoms with Gasteiger partial charge < -0.3 is 20.9 Å². The van der Waals surface area contributed by atoms with Gasteiger partial charge in [0.15, 0.2) is 0 Å². The summed E-state index contributed by atoms with van der Waals surface area (Å²) < 4.78 is 10.2. The molecule has 0 fully saturated rings. The van der Waals surface area contributed by atoms with Crippen LogP contribution < -0.4 is 26.0 Å². The standard InChI is InChI=1S/C10H14N4O2/c1-15-8-3-7(4-9(5-8)16-2)6-13-14-10(11)12/h3-6H,1-2H3,(H4,11,12,14)/p+1/b13-6-. The van der Waals surface area contributed by atoms with Crippen LogP contribution in [0.2, 0.25) is 0 Å². The average molecular weight is 223 g/mol. The van der Waals surface area contributed by atoms with E-state index < -0.39 is 0 Å². The van der Waals surface area contributed by atoms with Crippen LogP contribution in [0.1, 0.15) is 5.56 Å². The molecule has 0 atom stereocenters. The smallest absolute Gasteiger partial charge is 0.256 e. The SMILES string of the molecule is COc1cc(/C=[NH+]\N=C(N)N)cc(OC)c1. The first kappa shape index (κ1) is 11.8. The van der Waals surface area contributed by atoms with Crippen molar-refractivity contribution in [3.05, 3.63) is 23.8 Å². The van der Waals surface area contributed by atoms with Crippen molar-refractivity contribution < 1.29 is 14.6 Å². The van der Waals surface area contributed by atoms with Crippen LogP contribution in [0.5, 0.6) is 11.5 Å². The zero-order valence-corrected chi connectivity index (χ0v) is 9.23. The summed E-state index contributed by atoms with van der Waals surface area (Å²) in [6.45, 7) is 0. The Bertz CT molecular complexity index is 389. The third-order valence-corrected chi connectivity index (χ3v) is 1.80. The molecular weight excluding hydrogens is 208 g/mol. The highest BCUT2D eigenvalue weighted by Gasteiger charge is 2.01. The number of ether oxygens (including phenoxy) is 2. The van der Waals surface area contributed by atoms with Crippen LogP contribution in [0, 0.1) is 0 Å². The van der Waals surface area contributed by atoms with Gasteiger partial charge in [-0.3, -0.25) is 0 Å². The lowest BCUT2D eigenvalue weighted by Gasteiger charge is -2.03. The van der Waals surface area contributed by atoms with Crippen molar-refractivity contribution in [2.75, 3.05) is 14.2 Å². The van der Waals surface area contributed by atoms with Crippen molar-refractivity contribution in [3.63, 3.8) is 0 Å². The minimum absolute atomic E-state index is 0.0360. The van der Waals surface area contributed by atoms with Gasteiger partial charge in [-0.1, -0.05) is 0 Å². The summed E-state index contributed by atoms with van der Waals surface area (Å²) in [6, 6.07) is 5.41. The zero-order valence-electron chi connectivity index (χ0n) is 9.23. The molecule has 16 heavy (non-hydrogen) atoms. The maximum Gasteiger partial charge on any atom is 0.256 e. The van der Waals surface area contributed by atoms with Crippen LogP contribution in [0.4, 0.5) is 0 Å². The van der Waals surface area contributed by atoms with Gasteiger partial charge in [-0.2, -0.15) is 0 Å². The monoisotopic (exact) mass is 223 g/mol. The molecule has 0 aliphatic rings. The first-order valence-corrected chi connectivity index (χ1v) is 4.56. The van der Waals surface area contributed by atoms with E-state index in [0.717, 1.165) is 5.56 Å². The van der Waals surface area contributed by atoms with Crippen molar-refractivity contribution >= 4 is 12.2 Å². The summed E-state index contributed by atoms with van der Waals surface area (Å²) in [6.07, 6.45) is 1.63. The molecule has 86 valence electrons. The molecule has 0 saturated carbocycles. The van der Waals surface area contributed by atoms with E-state index in [2.05, 4.69) is 10.2 Å². The lowest BCUT2D eigenvalue weighted by molar-refractivity contribution is -0.456. The molecule has 0 heterocycles. The average Bonchev–Trinajstić information content (AvgIpc) is 2.28. The first-order valence-electron chi connectivity index (χ1n) is 4.56. The Balaban J connectivity index is 2.95. The highest BCUT2D eigenvalue weighted by molar-refractivity contribution is 5.78. The van der Waals surface area contributed by atoms with Crippen LogP contribution in [-0.4, -0.2) is 26.4 Å². The number of benzene rings is 1. The number of hydrogen-bond donors (Lipinski definition) is 3. The van der Waals surface area contributed by atoms with Gasteiger partial charge in [0.1, 0.15) is 11.5 Å². The number of rotatable bonds is 4. The fourth-order valence-corrected chi connectivity index (χ4v) is 1.09. The number of nitrogens with two attached hydrogens (primary N) is 2. The molecule has 0 aromatic heterocycles. The Morgan fingerprint density at radius 1 is 1.19 bits per heavy atom. The van der Waals surface area contributed by atoms with E-state index in [9.17, 15) is 0 Å². The second kappa shape index (κ2) is 5.59. The van der Waals surface area contributed by atoms with Crippen molar-refractivity contribution in [3.8, 4) is 11.5 Å². The van der Waals surface area contributed by atoms with Gasteiger partial charge in [-0.05, 0) is 12.1 Å². The normalized spacial score (nSPS) is 10.1. The Labute approximate surface area is 93.6 Å². The second-order valence-electron chi connectivity index (χ2n) is 2.96. The Morgan fingerprint density at radius 2 is 1.75 bits per heavy atom. The topological polar surface area (TPSA) is 96.8 Å². The van der Waals surface area contributed by atoms with E-state index in [4.69, 9.17) is 20.9 Å². The van der Waals surface area contributed by atoms with Crippen LogP contribution in [0.15, 0.2) is 23.3 Å². The maximum absolute atomic E-state index is 5.16. The van der Waals surface area contributed by atoms with E-state index in [1.54, 1.807) is 26.5 Å². The van der Waals surface area contributed by atoms with E-state index in [0.29, 0.717) is 11.5 Å². The number of methoxy groups -OCH3 is 2. The minimum Gasteiger partial charge on any atom is -0.497 e. The van der Waals surface area contributed by atoms with Crippen LogP contribution in [0.25, 0.3) is 0 Å². The molecule has 0 amide bonds. The molecular formula is C10H15N4O2+. The number of guanidine groups is 1. The van der Waals surface area contributed by atoms with Gasteiger partial charge in [-0.25, -0.2) is 0 Å². The first-order chi connectivity index (χ1) is 7.65. The lowest BCUT2D eigenvalue weighted by Crippen LogP contribution is -2.63. The van der Waals surface area contributed by atoms with Crippen molar-refractivity contribution in [1.82, 2.24) is 0 Å². The van der Waals surface area contributed by atoms with Gasteiger partial charge >= 0.3 is 0 Å². The fraction of sp³-hybridized carbons (Fsp3) is 0.200. The second-order valence-corrected chi connectivity index (χ2v) is 2.96. The van der Waals surface area contributed by atoms with Crippen LogP contribution in [0.3, 0.4) is 0 Å². The van der Waals surface area contributed by atoms with Crippen LogP contribution in [-0.2, 0) is 0 Å². The summed E-state index contributed by atoms with van der Waals surface area (Å²) in [5, 5.41) is 6.22. The van der Waals surface area contributed by atoms with Gasteiger partial charge in [0.05, 0.1) is 14.2 Å². The molecule has 0 unspecified atom stereocenters. The number of nitrogens with one attached hydrogen (secondary N) is 1. The Kier molecular flexibility index (Phi) is 4.14. The van der Waals surface area contributed by atoms with Crippen LogP contribution >= 0.6 is 0 Å². The molecule has 1 aromatic rings. The summed E-state index contributed by atoms with van der Waals surface area (Å²) in [5.41, 5.74) is 11.2. The van der Waals surface area contributed by atoms with E-state index in [1.165, 1.54) is 0 Å². The van der Waals surface area contributed by atoms with E-state index in [-0.39, 0.29) is 5.96 Å². The van der Waals surface area contributed by atoms with Gasteiger partial charge in [0, 0.05) is 16.7 Å². The van der Waals surface area contributed by atoms with Crippen molar-refractivity contribution in [2.45, 2.75) is 0 Å². The molecule has 0 aliphatic heterocycles. The Hall–Kier alpha value is -2.24. The Morgan fingerprint density at radius 3 is 2.19 bits per heavy atom. The third kappa shape index (κ3) is 3.49. The molecule has 0 saturated heterocycles. The molecule has 0 bridgehead atoms. The highest BCUT2D eigenvalue weighted by Crippen LogP contribution is 2.20. The predicted molar refractivity (Wildman–Crippen MR) is 61.5 cm³/mol. The predicted octanol–water partition coefficient (Wildman–Crippen LogP) is -1.61. The summed E-state index contributed by atoms with van der Waals surface area (Å²) in [7, 11) is 3.17. The quantitative estimate of drug-likeness (QED) is 0.325. The van der Waals surface area contributed by atoms with E-state index >= 15 is 0 Å². The third-order valence-electron chi connectivity index (χ3n) is 1.80. The van der Waals surface area contributed by atoms with Crippen molar-refractivity contribution in [1.29, 1.82) is 0 Å². The fourth-order valence-electron chi connectivity index (χ4n) is 1.09. The number of hydrazone groups is 1. The number of nitrogens with zero attached hydrogens (tertiary/aromatic N) is 1. The molecule has 0 aliphatic carbocycles. The number of hydrogen-bond acceptors (Lipinski definition) is 3. The lowest BCUT2D eigenvalue weighted by atomic mass is 10.2. The summed E-state index contributed by atoms with van der Waals surface area (Å²) >= 11 is 0. The molecule has 5 N–H and O–H groups in total. The summed E-state index contributed by atoms with van der Waals surface area (Å²) in [5.74, 6) is 1.35. The maximum atomic E-state index is 5.16. The van der Waals surface area contributed by atoms with Gasteiger partial charge in [0.25, 0.3) is 5.96 Å². The van der Waals surface area contributed by atoms with Gasteiger partial charge in [0.2, 0.25) is 6.21 Å². The zero-order chi connectivity index (χ0) is 12.0. The highest BCUT2D eigenvalue weighted by atomic mass is 16.5. The molecule has 6 heteroatoms. The van der Waals surface area contributed by atoms with E-state index in [1.807, 2.05) is 12.1 Å². The largest absolute Gasteiger partial charge is 0.497 e. The molecule has 6 nitrogen and oxygen atoms in total. The summed E-state index contributed by atoms with van der Waals surface area (Å²) in [4.78, 5) is 0. The molecule has 0 radical (unpaired) electrons. The molecule has 1 rings (SSSR count). The minimum atomic E-state index is -0.0360.